The lowest BCUT2D eigenvalue weighted by molar-refractivity contribution is -0.119. The molecule has 6 nitrogen and oxygen atoms in total. The number of carbonyl (C=O) groups is 1. The lowest BCUT2D eigenvalue weighted by Crippen LogP contribution is -2.28. The normalized spacial score (nSPS) is 11.9. The number of hydrogen-bond donors (Lipinski definition) is 1. The van der Waals surface area contributed by atoms with Gasteiger partial charge in [-0.2, -0.15) is 0 Å². The number of methoxy groups -OCH3 is 1. The molecule has 146 valence electrons. The number of rotatable bonds is 7. The molecule has 0 aliphatic carbocycles. The van der Waals surface area contributed by atoms with E-state index in [0.717, 1.165) is 16.9 Å². The third-order valence-electron chi connectivity index (χ3n) is 4.07. The van der Waals surface area contributed by atoms with Crippen LogP contribution in [0.5, 0.6) is 5.75 Å². The van der Waals surface area contributed by atoms with E-state index in [0.29, 0.717) is 21.7 Å². The first kappa shape index (κ1) is 20.2. The van der Waals surface area contributed by atoms with Gasteiger partial charge in [0.2, 0.25) is 11.8 Å². The molecule has 1 amide bonds. The molecule has 0 unspecified atom stereocenters. The highest BCUT2D eigenvalue weighted by Crippen LogP contribution is 2.29. The fourth-order valence-electron chi connectivity index (χ4n) is 2.69. The fraction of sp³-hybridized carbons (Fsp3) is 0.250. The summed E-state index contributed by atoms with van der Waals surface area (Å²) in [5.41, 5.74) is 2.69. The minimum Gasteiger partial charge on any atom is -0.496 e. The van der Waals surface area contributed by atoms with Crippen molar-refractivity contribution in [2.24, 2.45) is 0 Å². The van der Waals surface area contributed by atoms with Gasteiger partial charge >= 0.3 is 0 Å². The van der Waals surface area contributed by atoms with Crippen LogP contribution >= 0.6 is 23.4 Å². The lowest BCUT2D eigenvalue weighted by Gasteiger charge is -2.17. The monoisotopic (exact) mass is 417 g/mol. The Morgan fingerprint density at radius 2 is 2.07 bits per heavy atom. The lowest BCUT2D eigenvalue weighted by atomic mass is 10.0. The van der Waals surface area contributed by atoms with Crippen LogP contribution in [-0.4, -0.2) is 29.0 Å². The maximum Gasteiger partial charge on any atom is 0.277 e. The number of amides is 1. The van der Waals surface area contributed by atoms with Gasteiger partial charge < -0.3 is 14.5 Å². The Labute approximate surface area is 172 Å². The number of ether oxygens (including phenoxy) is 1. The molecule has 2 aromatic carbocycles. The minimum atomic E-state index is -0.190. The highest BCUT2D eigenvalue weighted by molar-refractivity contribution is 7.99. The van der Waals surface area contributed by atoms with Gasteiger partial charge in [0.05, 0.1) is 29.5 Å². The molecule has 1 aromatic heterocycles. The van der Waals surface area contributed by atoms with Gasteiger partial charge in [-0.25, -0.2) is 0 Å². The smallest absolute Gasteiger partial charge is 0.277 e. The van der Waals surface area contributed by atoms with Gasteiger partial charge in [0.1, 0.15) is 5.75 Å². The number of hydrogen-bond acceptors (Lipinski definition) is 6. The standard InChI is InChI=1S/C20H20ClN3O3S/c1-12-8-9-17(26-3)15(10-12)13(2)22-18(25)11-28-20-24-23-19(27-20)14-6-4-5-7-16(14)21/h4-10,13H,11H2,1-3H3,(H,22,25)/t13-/m0/s1. The van der Waals surface area contributed by atoms with Crippen LogP contribution in [0.1, 0.15) is 24.1 Å². The highest BCUT2D eigenvalue weighted by Gasteiger charge is 2.16. The van der Waals surface area contributed by atoms with E-state index in [-0.39, 0.29) is 17.7 Å². The molecule has 0 saturated carbocycles. The first-order chi connectivity index (χ1) is 13.5. The van der Waals surface area contributed by atoms with Crippen molar-refractivity contribution in [2.45, 2.75) is 25.1 Å². The molecule has 3 aromatic rings. The number of aryl methyl sites for hydroxylation is 1. The molecule has 0 spiro atoms. The first-order valence-electron chi connectivity index (χ1n) is 8.63. The molecule has 0 radical (unpaired) electrons. The number of halogens is 1. The molecule has 1 atom stereocenters. The zero-order chi connectivity index (χ0) is 20.1. The van der Waals surface area contributed by atoms with Crippen LogP contribution in [-0.2, 0) is 4.79 Å². The summed E-state index contributed by atoms with van der Waals surface area (Å²) >= 11 is 7.31. The number of nitrogens with zero attached hydrogens (tertiary/aromatic N) is 2. The average Bonchev–Trinajstić information content (AvgIpc) is 3.15. The maximum atomic E-state index is 12.3. The zero-order valence-corrected chi connectivity index (χ0v) is 17.3. The van der Waals surface area contributed by atoms with E-state index in [1.807, 2.05) is 44.2 Å². The van der Waals surface area contributed by atoms with Crippen molar-refractivity contribution in [1.29, 1.82) is 0 Å². The summed E-state index contributed by atoms with van der Waals surface area (Å²) < 4.78 is 11.0. The Balaban J connectivity index is 1.59. The highest BCUT2D eigenvalue weighted by atomic mass is 35.5. The molecule has 28 heavy (non-hydrogen) atoms. The summed E-state index contributed by atoms with van der Waals surface area (Å²) in [6.45, 7) is 3.92. The number of nitrogens with one attached hydrogen (secondary N) is 1. The maximum absolute atomic E-state index is 12.3. The molecule has 0 saturated heterocycles. The van der Waals surface area contributed by atoms with Crippen molar-refractivity contribution < 1.29 is 13.9 Å². The van der Waals surface area contributed by atoms with Gasteiger partial charge in [-0.3, -0.25) is 4.79 Å². The van der Waals surface area contributed by atoms with Gasteiger partial charge in [-0.15, -0.1) is 10.2 Å². The number of thioether (sulfide) groups is 1. The van der Waals surface area contributed by atoms with Crippen LogP contribution in [0.2, 0.25) is 5.02 Å². The van der Waals surface area contributed by atoms with Crippen molar-refractivity contribution in [2.75, 3.05) is 12.9 Å². The van der Waals surface area contributed by atoms with Crippen molar-refractivity contribution in [1.82, 2.24) is 15.5 Å². The molecular formula is C20H20ClN3O3S. The summed E-state index contributed by atoms with van der Waals surface area (Å²) in [6, 6.07) is 12.9. The number of benzene rings is 2. The molecular weight excluding hydrogens is 398 g/mol. The minimum absolute atomic E-state index is 0.140. The van der Waals surface area contributed by atoms with Crippen LogP contribution in [0.4, 0.5) is 0 Å². The van der Waals surface area contributed by atoms with Crippen molar-refractivity contribution in [3.05, 3.63) is 58.6 Å². The predicted molar refractivity (Wildman–Crippen MR) is 110 cm³/mol. The Bertz CT molecular complexity index is 977. The summed E-state index contributed by atoms with van der Waals surface area (Å²) in [6.07, 6.45) is 0. The summed E-state index contributed by atoms with van der Waals surface area (Å²) in [5.74, 6) is 1.08. The van der Waals surface area contributed by atoms with Crippen molar-refractivity contribution >= 4 is 29.3 Å². The summed E-state index contributed by atoms with van der Waals surface area (Å²) in [4.78, 5) is 12.3. The SMILES string of the molecule is COc1ccc(C)cc1[C@H](C)NC(=O)CSc1nnc(-c2ccccc2Cl)o1. The first-order valence-corrected chi connectivity index (χ1v) is 9.99. The van der Waals surface area contributed by atoms with Crippen LogP contribution in [0, 0.1) is 6.92 Å². The third kappa shape index (κ3) is 4.85. The third-order valence-corrected chi connectivity index (χ3v) is 5.21. The van der Waals surface area contributed by atoms with E-state index < -0.39 is 0 Å². The van der Waals surface area contributed by atoms with Gasteiger partial charge in [0, 0.05) is 5.56 Å². The fourth-order valence-corrected chi connectivity index (χ4v) is 3.48. The van der Waals surface area contributed by atoms with Crippen molar-refractivity contribution in [3.63, 3.8) is 0 Å². The van der Waals surface area contributed by atoms with Crippen LogP contribution in [0.3, 0.4) is 0 Å². The largest absolute Gasteiger partial charge is 0.496 e. The zero-order valence-electron chi connectivity index (χ0n) is 15.7. The summed E-state index contributed by atoms with van der Waals surface area (Å²) in [5, 5.41) is 11.8. The predicted octanol–water partition coefficient (Wildman–Crippen LogP) is 4.68. The Kier molecular flexibility index (Phi) is 6.59. The van der Waals surface area contributed by atoms with E-state index in [9.17, 15) is 4.79 Å². The van der Waals surface area contributed by atoms with Crippen LogP contribution < -0.4 is 10.1 Å². The molecule has 0 aliphatic heterocycles. The Morgan fingerprint density at radius 1 is 1.29 bits per heavy atom. The quantitative estimate of drug-likeness (QED) is 0.562. The van der Waals surface area contributed by atoms with Gasteiger partial charge in [-0.1, -0.05) is 53.2 Å². The Hall–Kier alpha value is -2.51. The Morgan fingerprint density at radius 3 is 2.82 bits per heavy atom. The summed E-state index contributed by atoms with van der Waals surface area (Å²) in [7, 11) is 1.62. The van der Waals surface area contributed by atoms with Crippen molar-refractivity contribution in [3.8, 4) is 17.2 Å². The second-order valence-electron chi connectivity index (χ2n) is 6.18. The van der Waals surface area contributed by atoms with E-state index in [4.69, 9.17) is 20.8 Å². The van der Waals surface area contributed by atoms with Gasteiger partial charge in [-0.05, 0) is 32.0 Å². The molecule has 8 heteroatoms. The van der Waals surface area contributed by atoms with E-state index in [1.54, 1.807) is 19.2 Å². The number of aromatic nitrogens is 2. The second-order valence-corrected chi connectivity index (χ2v) is 7.51. The van der Waals surface area contributed by atoms with E-state index >= 15 is 0 Å². The van der Waals surface area contributed by atoms with E-state index in [2.05, 4.69) is 15.5 Å². The van der Waals surface area contributed by atoms with Crippen LogP contribution in [0.15, 0.2) is 52.1 Å². The molecule has 1 heterocycles. The van der Waals surface area contributed by atoms with Crippen LogP contribution in [0.25, 0.3) is 11.5 Å². The van der Waals surface area contributed by atoms with E-state index in [1.165, 1.54) is 11.8 Å². The molecule has 3 rings (SSSR count). The molecule has 0 aliphatic rings. The van der Waals surface area contributed by atoms with Gasteiger partial charge in [0.15, 0.2) is 0 Å². The van der Waals surface area contributed by atoms with Gasteiger partial charge in [0.25, 0.3) is 5.22 Å². The number of carbonyl (C=O) groups excluding carboxylic acids is 1. The topological polar surface area (TPSA) is 77.2 Å². The average molecular weight is 418 g/mol. The second kappa shape index (κ2) is 9.12. The molecule has 1 N–H and O–H groups in total. The molecule has 0 fully saturated rings. The molecule has 0 bridgehead atoms.